The van der Waals surface area contributed by atoms with Gasteiger partial charge in [0, 0.05) is 31.6 Å². The predicted octanol–water partition coefficient (Wildman–Crippen LogP) is 0.737. The van der Waals surface area contributed by atoms with Crippen LogP contribution in [-0.2, 0) is 9.53 Å². The fourth-order valence-corrected chi connectivity index (χ4v) is 1.30. The largest absolute Gasteiger partial charge is 0.372 e. The Kier molecular flexibility index (Phi) is 5.51. The number of nitrogens with zero attached hydrogens (tertiary/aromatic N) is 2. The van der Waals surface area contributed by atoms with Gasteiger partial charge in [-0.1, -0.05) is 0 Å². The summed E-state index contributed by atoms with van der Waals surface area (Å²) >= 11 is 0. The van der Waals surface area contributed by atoms with Crippen LogP contribution >= 0.6 is 0 Å². The summed E-state index contributed by atoms with van der Waals surface area (Å²) in [5, 5.41) is 5.90. The Morgan fingerprint density at radius 2 is 2.22 bits per heavy atom. The molecule has 6 heteroatoms. The summed E-state index contributed by atoms with van der Waals surface area (Å²) in [6.45, 7) is 6.08. The van der Waals surface area contributed by atoms with Gasteiger partial charge in [-0.15, -0.1) is 0 Å². The zero-order valence-corrected chi connectivity index (χ0v) is 11.2. The molecule has 2 atom stereocenters. The summed E-state index contributed by atoms with van der Waals surface area (Å²) in [6.07, 6.45) is 1.25. The first-order chi connectivity index (χ1) is 8.52. The first-order valence-electron chi connectivity index (χ1n) is 5.89. The zero-order chi connectivity index (χ0) is 13.5. The van der Waals surface area contributed by atoms with Crippen LogP contribution in [0.25, 0.3) is 0 Å². The van der Waals surface area contributed by atoms with Gasteiger partial charge in [0.1, 0.15) is 6.10 Å². The van der Waals surface area contributed by atoms with Crippen molar-refractivity contribution >= 4 is 11.9 Å². The van der Waals surface area contributed by atoms with E-state index in [2.05, 4.69) is 20.6 Å². The fourth-order valence-electron chi connectivity index (χ4n) is 1.30. The van der Waals surface area contributed by atoms with Crippen LogP contribution in [0.1, 0.15) is 19.5 Å². The maximum atomic E-state index is 11.6. The number of carbonyl (C=O) groups is 1. The number of ether oxygens (including phenoxy) is 1. The fraction of sp³-hybridized carbons (Fsp3) is 0.583. The number of hydrogen-bond acceptors (Lipinski definition) is 5. The van der Waals surface area contributed by atoms with E-state index >= 15 is 0 Å². The normalized spacial score (nSPS) is 13.8. The molecule has 6 nitrogen and oxygen atoms in total. The molecule has 0 unspecified atom stereocenters. The smallest absolute Gasteiger partial charge is 0.249 e. The minimum atomic E-state index is -0.442. The lowest BCUT2D eigenvalue weighted by Gasteiger charge is -2.17. The maximum Gasteiger partial charge on any atom is 0.249 e. The molecule has 0 aliphatic heterocycles. The molecule has 0 aliphatic rings. The van der Waals surface area contributed by atoms with Crippen molar-refractivity contribution in [3.63, 3.8) is 0 Å². The molecule has 0 radical (unpaired) electrons. The van der Waals surface area contributed by atoms with Gasteiger partial charge >= 0.3 is 0 Å². The molecule has 0 aromatic carbocycles. The Balaban J connectivity index is 2.37. The molecule has 1 heterocycles. The van der Waals surface area contributed by atoms with Crippen molar-refractivity contribution in [2.75, 3.05) is 19.0 Å². The van der Waals surface area contributed by atoms with Gasteiger partial charge in [0.2, 0.25) is 11.9 Å². The minimum Gasteiger partial charge on any atom is -0.372 e. The molecule has 0 spiro atoms. The first-order valence-corrected chi connectivity index (χ1v) is 5.89. The van der Waals surface area contributed by atoms with E-state index in [4.69, 9.17) is 4.74 Å². The van der Waals surface area contributed by atoms with Gasteiger partial charge in [-0.25, -0.2) is 9.97 Å². The lowest BCUT2D eigenvalue weighted by Crippen LogP contribution is -2.42. The van der Waals surface area contributed by atoms with Crippen molar-refractivity contribution < 1.29 is 9.53 Å². The number of anilines is 1. The van der Waals surface area contributed by atoms with Crippen molar-refractivity contribution in [3.8, 4) is 0 Å². The summed E-state index contributed by atoms with van der Waals surface area (Å²) in [7, 11) is 1.51. The molecule has 0 bridgehead atoms. The molecule has 0 saturated carbocycles. The van der Waals surface area contributed by atoms with E-state index in [0.717, 1.165) is 5.69 Å². The van der Waals surface area contributed by atoms with E-state index in [-0.39, 0.29) is 11.9 Å². The summed E-state index contributed by atoms with van der Waals surface area (Å²) in [5.74, 6) is 0.438. The lowest BCUT2D eigenvalue weighted by atomic mass is 10.3. The van der Waals surface area contributed by atoms with E-state index < -0.39 is 6.10 Å². The van der Waals surface area contributed by atoms with Crippen LogP contribution in [-0.4, -0.2) is 41.7 Å². The zero-order valence-electron chi connectivity index (χ0n) is 11.2. The Labute approximate surface area is 107 Å². The molecule has 0 fully saturated rings. The molecular weight excluding hydrogens is 232 g/mol. The summed E-state index contributed by atoms with van der Waals surface area (Å²) in [4.78, 5) is 19.9. The van der Waals surface area contributed by atoms with Crippen LogP contribution in [0.4, 0.5) is 5.95 Å². The number of aryl methyl sites for hydroxylation is 1. The molecule has 1 rings (SSSR count). The van der Waals surface area contributed by atoms with Crippen molar-refractivity contribution in [1.82, 2.24) is 15.3 Å². The van der Waals surface area contributed by atoms with Gasteiger partial charge in [-0.05, 0) is 26.8 Å². The molecule has 18 heavy (non-hydrogen) atoms. The average Bonchev–Trinajstić information content (AvgIpc) is 2.35. The summed E-state index contributed by atoms with van der Waals surface area (Å²) < 4.78 is 4.93. The minimum absolute atomic E-state index is 0.0285. The van der Waals surface area contributed by atoms with Crippen molar-refractivity contribution in [2.24, 2.45) is 0 Å². The average molecular weight is 252 g/mol. The van der Waals surface area contributed by atoms with Gasteiger partial charge in [-0.2, -0.15) is 0 Å². The highest BCUT2D eigenvalue weighted by atomic mass is 16.5. The molecular formula is C12H20N4O2. The SMILES string of the molecule is CO[C@@H](C)C(=O)N[C@H](C)CNc1nccc(C)n1. The third-order valence-electron chi connectivity index (χ3n) is 2.47. The van der Waals surface area contributed by atoms with Crippen molar-refractivity contribution in [3.05, 3.63) is 18.0 Å². The number of amides is 1. The maximum absolute atomic E-state index is 11.6. The molecule has 1 aromatic heterocycles. The Morgan fingerprint density at radius 3 is 2.83 bits per heavy atom. The van der Waals surface area contributed by atoms with E-state index in [1.807, 2.05) is 19.9 Å². The molecule has 1 amide bonds. The Bertz CT molecular complexity index is 397. The summed E-state index contributed by atoms with van der Waals surface area (Å²) in [5.41, 5.74) is 0.900. The van der Waals surface area contributed by atoms with Crippen LogP contribution in [0.15, 0.2) is 12.3 Å². The van der Waals surface area contributed by atoms with Gasteiger partial charge in [0.15, 0.2) is 0 Å². The molecule has 2 N–H and O–H groups in total. The lowest BCUT2D eigenvalue weighted by molar-refractivity contribution is -0.130. The summed E-state index contributed by atoms with van der Waals surface area (Å²) in [6, 6.07) is 1.80. The van der Waals surface area contributed by atoms with Crippen LogP contribution in [0, 0.1) is 6.92 Å². The van der Waals surface area contributed by atoms with E-state index in [1.54, 1.807) is 13.1 Å². The Hall–Kier alpha value is -1.69. The molecule has 0 aliphatic carbocycles. The van der Waals surface area contributed by atoms with E-state index in [0.29, 0.717) is 12.5 Å². The monoisotopic (exact) mass is 252 g/mol. The second-order valence-electron chi connectivity index (χ2n) is 4.19. The standard InChI is InChI=1S/C12H20N4O2/c1-8-5-6-13-12(16-8)14-7-9(2)15-11(17)10(3)18-4/h5-6,9-10H,7H2,1-4H3,(H,15,17)(H,13,14,16)/t9-,10+/m1/s1. The number of hydrogen-bond donors (Lipinski definition) is 2. The number of carbonyl (C=O) groups excluding carboxylic acids is 1. The van der Waals surface area contributed by atoms with Crippen molar-refractivity contribution in [1.29, 1.82) is 0 Å². The quantitative estimate of drug-likeness (QED) is 0.781. The second kappa shape index (κ2) is 6.90. The Morgan fingerprint density at radius 1 is 1.50 bits per heavy atom. The van der Waals surface area contributed by atoms with E-state index in [1.165, 1.54) is 7.11 Å². The van der Waals surface area contributed by atoms with Gasteiger partial charge in [0.05, 0.1) is 0 Å². The molecule has 1 aromatic rings. The van der Waals surface area contributed by atoms with Gasteiger partial charge in [0.25, 0.3) is 0 Å². The highest BCUT2D eigenvalue weighted by Crippen LogP contribution is 1.99. The predicted molar refractivity (Wildman–Crippen MR) is 69.3 cm³/mol. The number of aromatic nitrogens is 2. The van der Waals surface area contributed by atoms with Crippen LogP contribution in [0.5, 0.6) is 0 Å². The highest BCUT2D eigenvalue weighted by Gasteiger charge is 2.14. The number of nitrogens with one attached hydrogen (secondary N) is 2. The van der Waals surface area contributed by atoms with Gasteiger partial charge < -0.3 is 15.4 Å². The second-order valence-corrected chi connectivity index (χ2v) is 4.19. The number of rotatable bonds is 6. The van der Waals surface area contributed by atoms with Crippen LogP contribution in [0.3, 0.4) is 0 Å². The third-order valence-corrected chi connectivity index (χ3v) is 2.47. The number of methoxy groups -OCH3 is 1. The van der Waals surface area contributed by atoms with Crippen molar-refractivity contribution in [2.45, 2.75) is 32.9 Å². The molecule has 100 valence electrons. The van der Waals surface area contributed by atoms with Crippen LogP contribution in [0.2, 0.25) is 0 Å². The van der Waals surface area contributed by atoms with Crippen LogP contribution < -0.4 is 10.6 Å². The first kappa shape index (κ1) is 14.4. The molecule has 0 saturated heterocycles. The highest BCUT2D eigenvalue weighted by molar-refractivity contribution is 5.80. The van der Waals surface area contributed by atoms with Gasteiger partial charge in [-0.3, -0.25) is 4.79 Å². The third kappa shape index (κ3) is 4.67. The topological polar surface area (TPSA) is 76.1 Å². The van der Waals surface area contributed by atoms with E-state index in [9.17, 15) is 4.79 Å².